The third-order valence-corrected chi connectivity index (χ3v) is 5.45. The van der Waals surface area contributed by atoms with Crippen LogP contribution in [0.5, 0.6) is 5.75 Å². The van der Waals surface area contributed by atoms with Gasteiger partial charge in [-0.1, -0.05) is 18.5 Å². The van der Waals surface area contributed by atoms with Gasteiger partial charge in [-0.25, -0.2) is 9.50 Å². The Labute approximate surface area is 166 Å². The van der Waals surface area contributed by atoms with E-state index in [2.05, 4.69) is 15.1 Å². The molecule has 0 spiro atoms. The summed E-state index contributed by atoms with van der Waals surface area (Å²) in [5.41, 5.74) is 0.154. The smallest absolute Gasteiger partial charge is 0.296 e. The Morgan fingerprint density at radius 1 is 1.32 bits per heavy atom. The number of hydrogen-bond acceptors (Lipinski definition) is 6. The Morgan fingerprint density at radius 3 is 2.64 bits per heavy atom. The van der Waals surface area contributed by atoms with Crippen molar-refractivity contribution in [1.82, 2.24) is 19.6 Å². The molecule has 0 unspecified atom stereocenters. The highest BCUT2D eigenvalue weighted by Gasteiger charge is 2.27. The lowest BCUT2D eigenvalue weighted by Gasteiger charge is -2.14. The van der Waals surface area contributed by atoms with Gasteiger partial charge in [-0.2, -0.15) is 8.42 Å². The number of H-pyrrole nitrogens is 1. The number of imidazole rings is 1. The first kappa shape index (κ1) is 20.3. The van der Waals surface area contributed by atoms with Gasteiger partial charge in [0.25, 0.3) is 15.7 Å². The van der Waals surface area contributed by atoms with Crippen molar-refractivity contribution < 1.29 is 17.7 Å². The first-order valence-electron chi connectivity index (χ1n) is 8.60. The SMILES string of the molecule is CCCc1nc(C)c2c(=O)[nH]c(-c3c(OCC)ccc(Cl)c3S(=O)(=O)O)nn12. The fourth-order valence-corrected chi connectivity index (χ4v) is 4.25. The molecule has 2 N–H and O–H groups in total. The van der Waals surface area contributed by atoms with Gasteiger partial charge in [0.15, 0.2) is 11.3 Å². The minimum Gasteiger partial charge on any atom is -0.493 e. The summed E-state index contributed by atoms with van der Waals surface area (Å²) in [5.74, 6) is 0.567. The molecule has 11 heteroatoms. The van der Waals surface area contributed by atoms with Gasteiger partial charge in [0, 0.05) is 6.42 Å². The van der Waals surface area contributed by atoms with Crippen molar-refractivity contribution in [3.8, 4) is 17.1 Å². The summed E-state index contributed by atoms with van der Waals surface area (Å²) >= 11 is 6.05. The lowest BCUT2D eigenvalue weighted by molar-refractivity contribution is 0.340. The molecule has 9 nitrogen and oxygen atoms in total. The summed E-state index contributed by atoms with van der Waals surface area (Å²) < 4.78 is 40.6. The van der Waals surface area contributed by atoms with Crippen LogP contribution in [-0.2, 0) is 16.5 Å². The van der Waals surface area contributed by atoms with E-state index in [1.165, 1.54) is 16.6 Å². The Hall–Kier alpha value is -2.43. The number of aromatic nitrogens is 4. The van der Waals surface area contributed by atoms with Crippen molar-refractivity contribution in [2.75, 3.05) is 6.61 Å². The van der Waals surface area contributed by atoms with Crippen molar-refractivity contribution in [3.63, 3.8) is 0 Å². The molecule has 1 aromatic carbocycles. The maximum Gasteiger partial charge on any atom is 0.296 e. The quantitative estimate of drug-likeness (QED) is 0.580. The van der Waals surface area contributed by atoms with E-state index in [1.54, 1.807) is 13.8 Å². The zero-order chi connectivity index (χ0) is 20.6. The standard InChI is InChI=1S/C17H19ClN4O5S/c1-4-6-12-19-9(3)14-17(23)20-16(21-22(12)14)13-11(27-5-2)8-7-10(18)15(13)28(24,25)26/h7-8H,4-6H2,1-3H3,(H,20,21,23)(H,24,25,26). The number of benzene rings is 1. The Kier molecular flexibility index (Phi) is 5.46. The Balaban J connectivity index is 2.44. The maximum absolute atomic E-state index is 12.7. The number of nitrogens with one attached hydrogen (secondary N) is 1. The molecule has 0 saturated carbocycles. The number of hydrogen-bond donors (Lipinski definition) is 2. The van der Waals surface area contributed by atoms with Crippen molar-refractivity contribution in [1.29, 1.82) is 0 Å². The van der Waals surface area contributed by atoms with Crippen LogP contribution >= 0.6 is 11.6 Å². The fourth-order valence-electron chi connectivity index (χ4n) is 3.03. The Bertz CT molecular complexity index is 1220. The average molecular weight is 427 g/mol. The van der Waals surface area contributed by atoms with Crippen LogP contribution in [0.1, 0.15) is 31.8 Å². The molecule has 0 atom stereocenters. The van der Waals surface area contributed by atoms with Gasteiger partial charge in [-0.05, 0) is 32.4 Å². The van der Waals surface area contributed by atoms with Crippen LogP contribution in [0.4, 0.5) is 0 Å². The van der Waals surface area contributed by atoms with Gasteiger partial charge >= 0.3 is 0 Å². The Morgan fingerprint density at radius 2 is 2.04 bits per heavy atom. The fraction of sp³-hybridized carbons (Fsp3) is 0.353. The van der Waals surface area contributed by atoms with E-state index < -0.39 is 20.6 Å². The van der Waals surface area contributed by atoms with Crippen molar-refractivity contribution >= 4 is 27.2 Å². The number of nitrogens with zero attached hydrogens (tertiary/aromatic N) is 3. The first-order chi connectivity index (χ1) is 13.2. The molecule has 0 aliphatic rings. The number of halogens is 1. The van der Waals surface area contributed by atoms with Crippen LogP contribution in [0, 0.1) is 6.92 Å². The average Bonchev–Trinajstić information content (AvgIpc) is 2.92. The molecular weight excluding hydrogens is 408 g/mol. The van der Waals surface area contributed by atoms with E-state index in [4.69, 9.17) is 16.3 Å². The number of aromatic amines is 1. The van der Waals surface area contributed by atoms with Crippen molar-refractivity contribution in [3.05, 3.63) is 39.0 Å². The monoisotopic (exact) mass is 426 g/mol. The van der Waals surface area contributed by atoms with Crippen LogP contribution in [0.2, 0.25) is 5.02 Å². The van der Waals surface area contributed by atoms with Gasteiger partial charge in [-0.15, -0.1) is 5.10 Å². The minimum atomic E-state index is -4.73. The van der Waals surface area contributed by atoms with Gasteiger partial charge in [0.1, 0.15) is 16.5 Å². The second-order valence-corrected chi connectivity index (χ2v) is 7.85. The highest BCUT2D eigenvalue weighted by molar-refractivity contribution is 7.86. The number of aryl methyl sites for hydroxylation is 2. The summed E-state index contributed by atoms with van der Waals surface area (Å²) in [6.45, 7) is 5.59. The minimum absolute atomic E-state index is 0.106. The van der Waals surface area contributed by atoms with E-state index in [1.807, 2.05) is 6.92 Å². The van der Waals surface area contributed by atoms with E-state index >= 15 is 0 Å². The summed E-state index contributed by atoms with van der Waals surface area (Å²) in [5, 5.41) is 4.17. The molecule has 150 valence electrons. The zero-order valence-corrected chi connectivity index (χ0v) is 17.1. The molecule has 0 aliphatic carbocycles. The normalized spacial score (nSPS) is 11.9. The first-order valence-corrected chi connectivity index (χ1v) is 10.4. The van der Waals surface area contributed by atoms with Crippen LogP contribution in [0.25, 0.3) is 16.9 Å². The van der Waals surface area contributed by atoms with Crippen LogP contribution in [0.3, 0.4) is 0 Å². The molecule has 0 bridgehead atoms. The molecule has 0 radical (unpaired) electrons. The van der Waals surface area contributed by atoms with Crippen molar-refractivity contribution in [2.24, 2.45) is 0 Å². The van der Waals surface area contributed by atoms with Gasteiger partial charge in [0.2, 0.25) is 0 Å². The molecule has 28 heavy (non-hydrogen) atoms. The van der Waals surface area contributed by atoms with Gasteiger partial charge < -0.3 is 9.72 Å². The third-order valence-electron chi connectivity index (χ3n) is 4.08. The molecule has 3 aromatic rings. The largest absolute Gasteiger partial charge is 0.493 e. The summed E-state index contributed by atoms with van der Waals surface area (Å²) in [7, 11) is -4.73. The van der Waals surface area contributed by atoms with E-state index in [0.29, 0.717) is 17.9 Å². The zero-order valence-electron chi connectivity index (χ0n) is 15.5. The van der Waals surface area contributed by atoms with E-state index in [0.717, 1.165) is 6.42 Å². The second kappa shape index (κ2) is 7.53. The molecule has 0 saturated heterocycles. The highest BCUT2D eigenvalue weighted by Crippen LogP contribution is 2.38. The molecule has 0 fully saturated rings. The topological polar surface area (TPSA) is 127 Å². The summed E-state index contributed by atoms with van der Waals surface area (Å²) in [6, 6.07) is 2.74. The van der Waals surface area contributed by atoms with E-state index in [-0.39, 0.29) is 34.3 Å². The molecule has 0 aliphatic heterocycles. The van der Waals surface area contributed by atoms with Gasteiger partial charge in [-0.3, -0.25) is 9.35 Å². The number of fused-ring (bicyclic) bond motifs is 1. The number of rotatable bonds is 6. The molecule has 2 heterocycles. The third kappa shape index (κ3) is 3.50. The van der Waals surface area contributed by atoms with Crippen LogP contribution in [-0.4, -0.2) is 39.2 Å². The summed E-state index contributed by atoms with van der Waals surface area (Å²) in [4.78, 5) is 19.0. The van der Waals surface area contributed by atoms with Gasteiger partial charge in [0.05, 0.1) is 22.9 Å². The molecule has 2 aromatic heterocycles. The lowest BCUT2D eigenvalue weighted by atomic mass is 10.2. The summed E-state index contributed by atoms with van der Waals surface area (Å²) in [6.07, 6.45) is 1.35. The molecular formula is C17H19ClN4O5S. The molecule has 3 rings (SSSR count). The van der Waals surface area contributed by atoms with Crippen molar-refractivity contribution in [2.45, 2.75) is 38.5 Å². The number of ether oxygens (including phenoxy) is 1. The maximum atomic E-state index is 12.7. The van der Waals surface area contributed by atoms with E-state index in [9.17, 15) is 17.8 Å². The lowest BCUT2D eigenvalue weighted by Crippen LogP contribution is -2.17. The highest BCUT2D eigenvalue weighted by atomic mass is 35.5. The van der Waals surface area contributed by atoms with Crippen LogP contribution in [0.15, 0.2) is 21.8 Å². The predicted octanol–water partition coefficient (Wildman–Crippen LogP) is 2.64. The second-order valence-electron chi connectivity index (χ2n) is 6.08. The molecule has 0 amide bonds. The van der Waals surface area contributed by atoms with Crippen LogP contribution < -0.4 is 10.3 Å². The predicted molar refractivity (Wildman–Crippen MR) is 104 cm³/mol.